The van der Waals surface area contributed by atoms with E-state index < -0.39 is 10.0 Å². The van der Waals surface area contributed by atoms with E-state index in [1.54, 1.807) is 0 Å². The topological polar surface area (TPSA) is 78.9 Å². The summed E-state index contributed by atoms with van der Waals surface area (Å²) in [4.78, 5) is 15.4. The Bertz CT molecular complexity index is 392. The third-order valence-electron chi connectivity index (χ3n) is 3.37. The lowest BCUT2D eigenvalue weighted by Crippen LogP contribution is -2.47. The molecule has 1 saturated heterocycles. The van der Waals surface area contributed by atoms with Gasteiger partial charge in [-0.1, -0.05) is 0 Å². The van der Waals surface area contributed by atoms with Crippen LogP contribution in [-0.2, 0) is 19.6 Å². The number of carbonyl (C=O) groups excluding carboxylic acids is 1. The number of likely N-dealkylation sites (N-methyl/N-ethyl adjacent to an activating group) is 1. The number of sulfonamides is 1. The highest BCUT2D eigenvalue weighted by molar-refractivity contribution is 7.89. The number of carbonyl (C=O) groups is 1. The zero-order chi connectivity index (χ0) is 15.0. The van der Waals surface area contributed by atoms with Crippen LogP contribution in [0, 0.1) is 0 Å². The second kappa shape index (κ2) is 8.56. The molecule has 1 rings (SSSR count). The molecule has 20 heavy (non-hydrogen) atoms. The number of nitrogens with one attached hydrogen (secondary N) is 1. The number of esters is 1. The molecule has 0 aromatic rings. The molecular weight excluding hydrogens is 282 g/mol. The molecule has 0 aromatic heterocycles. The van der Waals surface area contributed by atoms with Crippen molar-refractivity contribution in [3.05, 3.63) is 0 Å². The van der Waals surface area contributed by atoms with E-state index >= 15 is 0 Å². The van der Waals surface area contributed by atoms with Crippen molar-refractivity contribution in [1.29, 1.82) is 0 Å². The van der Waals surface area contributed by atoms with E-state index in [4.69, 9.17) is 0 Å². The molecule has 1 heterocycles. The summed E-state index contributed by atoms with van der Waals surface area (Å²) in [6.07, 6.45) is 0.423. The number of piperazine rings is 1. The predicted octanol–water partition coefficient (Wildman–Crippen LogP) is -0.894. The Kier molecular flexibility index (Phi) is 7.42. The van der Waals surface area contributed by atoms with Gasteiger partial charge in [0.05, 0.1) is 12.9 Å². The third kappa shape index (κ3) is 7.18. The van der Waals surface area contributed by atoms with Crippen LogP contribution in [0.4, 0.5) is 0 Å². The summed E-state index contributed by atoms with van der Waals surface area (Å²) in [6, 6.07) is 0. The zero-order valence-electron chi connectivity index (χ0n) is 12.3. The number of hydrogen-bond donors (Lipinski definition) is 1. The maximum absolute atomic E-state index is 11.7. The molecule has 1 aliphatic rings. The lowest BCUT2D eigenvalue weighted by Gasteiger charge is -2.32. The predicted molar refractivity (Wildman–Crippen MR) is 77.0 cm³/mol. The second-order valence-corrected chi connectivity index (χ2v) is 6.96. The summed E-state index contributed by atoms with van der Waals surface area (Å²) in [5.74, 6) is -0.414. The monoisotopic (exact) mass is 307 g/mol. The van der Waals surface area contributed by atoms with Gasteiger partial charge in [0, 0.05) is 45.7 Å². The maximum Gasteiger partial charge on any atom is 0.305 e. The minimum absolute atomic E-state index is 0.0369. The van der Waals surface area contributed by atoms with E-state index in [-0.39, 0.29) is 24.6 Å². The Hall–Kier alpha value is -0.700. The van der Waals surface area contributed by atoms with Gasteiger partial charge in [-0.25, -0.2) is 13.1 Å². The van der Waals surface area contributed by atoms with Crippen LogP contribution in [0.3, 0.4) is 0 Å². The fraction of sp³-hybridized carbons (Fsp3) is 0.917. The number of methoxy groups -OCH3 is 1. The smallest absolute Gasteiger partial charge is 0.305 e. The molecule has 0 radical (unpaired) electrons. The van der Waals surface area contributed by atoms with Crippen LogP contribution in [0.15, 0.2) is 0 Å². The number of nitrogens with zero attached hydrogens (tertiary/aromatic N) is 2. The molecule has 8 heteroatoms. The molecule has 0 bridgehead atoms. The second-order valence-electron chi connectivity index (χ2n) is 5.04. The van der Waals surface area contributed by atoms with Gasteiger partial charge in [-0.2, -0.15) is 0 Å². The average molecular weight is 307 g/mol. The molecule has 1 N–H and O–H groups in total. The van der Waals surface area contributed by atoms with Crippen molar-refractivity contribution in [2.45, 2.75) is 12.8 Å². The van der Waals surface area contributed by atoms with Gasteiger partial charge < -0.3 is 9.64 Å². The van der Waals surface area contributed by atoms with Crippen LogP contribution in [-0.4, -0.2) is 83.4 Å². The quantitative estimate of drug-likeness (QED) is 0.586. The molecule has 0 aromatic carbocycles. The zero-order valence-corrected chi connectivity index (χ0v) is 13.1. The van der Waals surface area contributed by atoms with Crippen molar-refractivity contribution in [3.63, 3.8) is 0 Å². The van der Waals surface area contributed by atoms with E-state index in [1.807, 2.05) is 0 Å². The van der Waals surface area contributed by atoms with E-state index in [1.165, 1.54) is 7.11 Å². The maximum atomic E-state index is 11.7. The standard InChI is InChI=1S/C12H25N3O4S/c1-14-7-9-15(10-8-14)6-5-13-20(17,18)11-3-4-12(16)19-2/h13H,3-11H2,1-2H3. The first-order chi connectivity index (χ1) is 9.43. The first-order valence-corrected chi connectivity index (χ1v) is 8.53. The van der Waals surface area contributed by atoms with Gasteiger partial charge in [-0.05, 0) is 13.5 Å². The van der Waals surface area contributed by atoms with Crippen LogP contribution < -0.4 is 4.72 Å². The Labute approximate surface area is 121 Å². The fourth-order valence-corrected chi connectivity index (χ4v) is 3.08. The first kappa shape index (κ1) is 17.4. The van der Waals surface area contributed by atoms with Crippen molar-refractivity contribution in [2.24, 2.45) is 0 Å². The average Bonchev–Trinajstić information content (AvgIpc) is 2.40. The van der Waals surface area contributed by atoms with Gasteiger partial charge in [-0.3, -0.25) is 9.69 Å². The van der Waals surface area contributed by atoms with Crippen LogP contribution >= 0.6 is 0 Å². The van der Waals surface area contributed by atoms with Crippen molar-refractivity contribution in [2.75, 3.05) is 59.2 Å². The molecule has 0 saturated carbocycles. The molecule has 0 atom stereocenters. The van der Waals surface area contributed by atoms with Crippen molar-refractivity contribution in [1.82, 2.24) is 14.5 Å². The van der Waals surface area contributed by atoms with Gasteiger partial charge in [0.1, 0.15) is 0 Å². The highest BCUT2D eigenvalue weighted by Crippen LogP contribution is 1.99. The molecule has 7 nitrogen and oxygen atoms in total. The molecular formula is C12H25N3O4S. The Balaban J connectivity index is 2.14. The highest BCUT2D eigenvalue weighted by Gasteiger charge is 2.15. The SMILES string of the molecule is COC(=O)CCCS(=O)(=O)NCCN1CCN(C)CC1. The molecule has 0 spiro atoms. The summed E-state index contributed by atoms with van der Waals surface area (Å²) >= 11 is 0. The highest BCUT2D eigenvalue weighted by atomic mass is 32.2. The fourth-order valence-electron chi connectivity index (χ4n) is 2.01. The van der Waals surface area contributed by atoms with E-state index in [0.717, 1.165) is 32.7 Å². The third-order valence-corrected chi connectivity index (χ3v) is 4.84. The molecule has 1 aliphatic heterocycles. The molecule has 118 valence electrons. The largest absolute Gasteiger partial charge is 0.469 e. The van der Waals surface area contributed by atoms with Crippen LogP contribution in [0.5, 0.6) is 0 Å². The van der Waals surface area contributed by atoms with Crippen molar-refractivity contribution < 1.29 is 17.9 Å². The first-order valence-electron chi connectivity index (χ1n) is 6.88. The minimum atomic E-state index is -3.29. The molecule has 1 fully saturated rings. The number of rotatable bonds is 8. The summed E-state index contributed by atoms with van der Waals surface area (Å²) < 4.78 is 30.5. The minimum Gasteiger partial charge on any atom is -0.469 e. The molecule has 0 unspecified atom stereocenters. The van der Waals surface area contributed by atoms with E-state index in [2.05, 4.69) is 26.3 Å². The number of ether oxygens (including phenoxy) is 1. The summed E-state index contributed by atoms with van der Waals surface area (Å²) in [5, 5.41) is 0. The van der Waals surface area contributed by atoms with Gasteiger partial charge in [0.25, 0.3) is 0 Å². The molecule has 0 amide bonds. The van der Waals surface area contributed by atoms with E-state index in [9.17, 15) is 13.2 Å². The summed E-state index contributed by atoms with van der Waals surface area (Å²) in [6.45, 7) is 5.13. The van der Waals surface area contributed by atoms with Crippen molar-refractivity contribution >= 4 is 16.0 Å². The van der Waals surface area contributed by atoms with Gasteiger partial charge in [-0.15, -0.1) is 0 Å². The van der Waals surface area contributed by atoms with Crippen LogP contribution in [0.25, 0.3) is 0 Å². The summed E-state index contributed by atoms with van der Waals surface area (Å²) in [5.41, 5.74) is 0. The Morgan fingerprint density at radius 1 is 1.25 bits per heavy atom. The summed E-state index contributed by atoms with van der Waals surface area (Å²) in [7, 11) is 0.0895. The normalized spacial score (nSPS) is 18.1. The lowest BCUT2D eigenvalue weighted by molar-refractivity contribution is -0.140. The van der Waals surface area contributed by atoms with Gasteiger partial charge in [0.2, 0.25) is 10.0 Å². The Morgan fingerprint density at radius 2 is 1.90 bits per heavy atom. The number of hydrogen-bond acceptors (Lipinski definition) is 6. The van der Waals surface area contributed by atoms with Crippen molar-refractivity contribution in [3.8, 4) is 0 Å². The van der Waals surface area contributed by atoms with Crippen LogP contribution in [0.2, 0.25) is 0 Å². The lowest BCUT2D eigenvalue weighted by atomic mass is 10.3. The van der Waals surface area contributed by atoms with Gasteiger partial charge in [0.15, 0.2) is 0 Å². The van der Waals surface area contributed by atoms with Crippen LogP contribution in [0.1, 0.15) is 12.8 Å². The van der Waals surface area contributed by atoms with Gasteiger partial charge >= 0.3 is 5.97 Å². The molecule has 0 aliphatic carbocycles. The Morgan fingerprint density at radius 3 is 2.50 bits per heavy atom. The van der Waals surface area contributed by atoms with E-state index in [0.29, 0.717) is 6.54 Å².